The maximum Gasteiger partial charge on any atom is 0.178 e. The third-order valence-corrected chi connectivity index (χ3v) is 1.77. The second-order valence-electron chi connectivity index (χ2n) is 1.72. The molecule has 0 saturated heterocycles. The normalized spacial score (nSPS) is 10.2. The molecule has 3 nitrogen and oxygen atoms in total. The largest absolute Gasteiger partial charge is 0.299 e. The molecule has 1 heterocycles. The van der Waals surface area contributed by atoms with Crippen LogP contribution in [0.1, 0.15) is 15.5 Å². The molecule has 0 aliphatic carbocycles. The average molecular weight is 167 g/mol. The molecule has 0 aliphatic heterocycles. The van der Waals surface area contributed by atoms with E-state index in [0.717, 1.165) is 0 Å². The highest BCUT2D eigenvalue weighted by Crippen LogP contribution is 2.07. The number of hydrogen-bond donors (Lipinski definition) is 0. The minimum atomic E-state index is 0.426. The van der Waals surface area contributed by atoms with Crippen LogP contribution in [0.2, 0.25) is 0 Å². The number of carbonyl (C=O) groups is 2. The Balaban J connectivity index is 2.80. The van der Waals surface area contributed by atoms with Crippen LogP contribution in [-0.2, 0) is 4.79 Å². The van der Waals surface area contributed by atoms with Gasteiger partial charge in [0.05, 0.1) is 5.69 Å². The number of carbonyl (C=O) groups excluding carboxylic acids is 2. The van der Waals surface area contributed by atoms with E-state index in [9.17, 15) is 9.59 Å². The van der Waals surface area contributed by atoms with Gasteiger partial charge in [0.2, 0.25) is 0 Å². The minimum absolute atomic E-state index is 0.426. The topological polar surface area (TPSA) is 47.0 Å². The fourth-order valence-electron chi connectivity index (χ4n) is 0.569. The highest BCUT2D eigenvalue weighted by atomic mass is 32.1. The van der Waals surface area contributed by atoms with Crippen molar-refractivity contribution in [3.63, 3.8) is 0 Å². The van der Waals surface area contributed by atoms with Gasteiger partial charge in [0, 0.05) is 5.38 Å². The molecule has 0 N–H and O–H groups in total. The van der Waals surface area contributed by atoms with E-state index in [1.165, 1.54) is 17.4 Å². The van der Waals surface area contributed by atoms with Crippen molar-refractivity contribution in [1.82, 2.24) is 4.98 Å². The summed E-state index contributed by atoms with van der Waals surface area (Å²) in [5, 5.41) is 2.14. The van der Waals surface area contributed by atoms with E-state index >= 15 is 0 Å². The zero-order chi connectivity index (χ0) is 8.10. The van der Waals surface area contributed by atoms with Crippen LogP contribution in [0.25, 0.3) is 6.08 Å². The van der Waals surface area contributed by atoms with E-state index in [0.29, 0.717) is 23.3 Å². The lowest BCUT2D eigenvalue weighted by atomic mass is 10.4. The van der Waals surface area contributed by atoms with Crippen molar-refractivity contribution >= 4 is 30.0 Å². The fourth-order valence-corrected chi connectivity index (χ4v) is 1.16. The molecule has 11 heavy (non-hydrogen) atoms. The molecule has 0 spiro atoms. The highest BCUT2D eigenvalue weighted by molar-refractivity contribution is 7.11. The zero-order valence-corrected chi connectivity index (χ0v) is 6.38. The lowest BCUT2D eigenvalue weighted by Gasteiger charge is -1.76. The summed E-state index contributed by atoms with van der Waals surface area (Å²) in [6.07, 6.45) is 4.24. The summed E-state index contributed by atoms with van der Waals surface area (Å²) >= 11 is 1.25. The van der Waals surface area contributed by atoms with Crippen LogP contribution < -0.4 is 0 Å². The summed E-state index contributed by atoms with van der Waals surface area (Å²) in [7, 11) is 0. The Morgan fingerprint density at radius 3 is 2.82 bits per heavy atom. The monoisotopic (exact) mass is 167 g/mol. The number of aromatic nitrogens is 1. The van der Waals surface area contributed by atoms with Gasteiger partial charge >= 0.3 is 0 Å². The molecular formula is C7H5NO2S. The first-order valence-electron chi connectivity index (χ1n) is 2.89. The molecule has 0 fully saturated rings. The summed E-state index contributed by atoms with van der Waals surface area (Å²) in [5.74, 6) is 0. The molecule has 0 atom stereocenters. The third-order valence-electron chi connectivity index (χ3n) is 0.986. The van der Waals surface area contributed by atoms with Crippen molar-refractivity contribution < 1.29 is 9.59 Å². The van der Waals surface area contributed by atoms with Gasteiger partial charge in [-0.25, -0.2) is 4.98 Å². The summed E-state index contributed by atoms with van der Waals surface area (Å²) in [5.41, 5.74) is 0.643. The van der Waals surface area contributed by atoms with Gasteiger partial charge in [-0.3, -0.25) is 9.59 Å². The maximum absolute atomic E-state index is 10.1. The van der Waals surface area contributed by atoms with Crippen LogP contribution in [-0.4, -0.2) is 17.6 Å². The van der Waals surface area contributed by atoms with Gasteiger partial charge in [-0.2, -0.15) is 0 Å². The molecule has 0 radical (unpaired) electrons. The molecule has 0 amide bonds. The predicted octanol–water partition coefficient (Wildman–Crippen LogP) is 1.17. The quantitative estimate of drug-likeness (QED) is 0.501. The minimum Gasteiger partial charge on any atom is -0.299 e. The smallest absolute Gasteiger partial charge is 0.178 e. The Morgan fingerprint density at radius 2 is 2.27 bits per heavy atom. The molecule has 0 saturated carbocycles. The fraction of sp³-hybridized carbons (Fsp3) is 0. The molecule has 4 heteroatoms. The van der Waals surface area contributed by atoms with Crippen LogP contribution >= 0.6 is 11.3 Å². The summed E-state index contributed by atoms with van der Waals surface area (Å²) in [6.45, 7) is 0. The molecule has 0 aromatic carbocycles. The predicted molar refractivity (Wildman–Crippen MR) is 42.6 cm³/mol. The molecule has 1 rings (SSSR count). The molecule has 1 aromatic rings. The first kappa shape index (κ1) is 7.81. The lowest BCUT2D eigenvalue weighted by Crippen LogP contribution is -1.76. The van der Waals surface area contributed by atoms with Crippen LogP contribution in [0.3, 0.4) is 0 Å². The van der Waals surface area contributed by atoms with Crippen LogP contribution in [0.4, 0.5) is 0 Å². The zero-order valence-electron chi connectivity index (χ0n) is 5.56. The van der Waals surface area contributed by atoms with Crippen molar-refractivity contribution in [1.29, 1.82) is 0 Å². The first-order valence-corrected chi connectivity index (χ1v) is 3.77. The number of hydrogen-bond acceptors (Lipinski definition) is 4. The van der Waals surface area contributed by atoms with Crippen molar-refractivity contribution in [3.8, 4) is 0 Å². The van der Waals surface area contributed by atoms with E-state index in [4.69, 9.17) is 0 Å². The van der Waals surface area contributed by atoms with Crippen molar-refractivity contribution in [3.05, 3.63) is 22.2 Å². The van der Waals surface area contributed by atoms with Gasteiger partial charge < -0.3 is 0 Å². The van der Waals surface area contributed by atoms with E-state index in [1.807, 2.05) is 0 Å². The van der Waals surface area contributed by atoms with E-state index < -0.39 is 0 Å². The number of aldehydes is 2. The summed E-state index contributed by atoms with van der Waals surface area (Å²) in [6, 6.07) is 0. The van der Waals surface area contributed by atoms with Crippen molar-refractivity contribution in [2.45, 2.75) is 0 Å². The standard InChI is InChI=1S/C7H5NO2S/c9-3-1-2-6-5-11-7(4-10)8-6/h1-5H. The van der Waals surface area contributed by atoms with Gasteiger partial charge in [-0.1, -0.05) is 0 Å². The molecular weight excluding hydrogens is 162 g/mol. The highest BCUT2D eigenvalue weighted by Gasteiger charge is 1.94. The van der Waals surface area contributed by atoms with Crippen LogP contribution in [0, 0.1) is 0 Å². The summed E-state index contributed by atoms with van der Waals surface area (Å²) in [4.78, 5) is 23.9. The molecule has 0 bridgehead atoms. The lowest BCUT2D eigenvalue weighted by molar-refractivity contribution is -0.104. The Kier molecular flexibility index (Phi) is 2.68. The molecule has 0 unspecified atom stereocenters. The maximum atomic E-state index is 10.1. The number of nitrogens with zero attached hydrogens (tertiary/aromatic N) is 1. The third kappa shape index (κ3) is 2.09. The Labute approximate surface area is 67.4 Å². The molecule has 56 valence electrons. The van der Waals surface area contributed by atoms with Gasteiger partial charge in [0.1, 0.15) is 6.29 Å². The van der Waals surface area contributed by atoms with Gasteiger partial charge in [0.25, 0.3) is 0 Å². The van der Waals surface area contributed by atoms with Gasteiger partial charge in [-0.15, -0.1) is 11.3 Å². The second-order valence-corrected chi connectivity index (χ2v) is 2.61. The van der Waals surface area contributed by atoms with Gasteiger partial charge in [0.15, 0.2) is 11.3 Å². The van der Waals surface area contributed by atoms with Crippen molar-refractivity contribution in [2.24, 2.45) is 0 Å². The van der Waals surface area contributed by atoms with E-state index in [-0.39, 0.29) is 0 Å². The Morgan fingerprint density at radius 1 is 1.45 bits per heavy atom. The van der Waals surface area contributed by atoms with Gasteiger partial charge in [-0.05, 0) is 12.2 Å². The number of allylic oxidation sites excluding steroid dienone is 1. The Bertz CT molecular complexity index is 290. The summed E-state index contributed by atoms with van der Waals surface area (Å²) < 4.78 is 0. The van der Waals surface area contributed by atoms with Crippen LogP contribution in [0.5, 0.6) is 0 Å². The second kappa shape index (κ2) is 3.78. The molecule has 0 aliphatic rings. The van der Waals surface area contributed by atoms with Crippen molar-refractivity contribution in [2.75, 3.05) is 0 Å². The van der Waals surface area contributed by atoms with Crippen LogP contribution in [0.15, 0.2) is 11.5 Å². The number of thiazole rings is 1. The first-order chi connectivity index (χ1) is 5.36. The Hall–Kier alpha value is -1.29. The van der Waals surface area contributed by atoms with E-state index in [2.05, 4.69) is 4.98 Å². The van der Waals surface area contributed by atoms with E-state index in [1.54, 1.807) is 11.5 Å². The SMILES string of the molecule is O=CC=Cc1csc(C=O)n1. The molecule has 1 aromatic heterocycles. The average Bonchev–Trinajstić information content (AvgIpc) is 2.48. The number of rotatable bonds is 3.